The van der Waals surface area contributed by atoms with Crippen LogP contribution in [0.4, 0.5) is 10.2 Å². The average Bonchev–Trinajstić information content (AvgIpc) is 2.54. The number of methoxy groups -OCH3 is 1. The first-order chi connectivity index (χ1) is 10.1. The van der Waals surface area contributed by atoms with Crippen molar-refractivity contribution in [2.24, 2.45) is 0 Å². The Morgan fingerprint density at radius 1 is 1.24 bits per heavy atom. The molecular formula is C16H20FN3O. The highest BCUT2D eigenvalue weighted by Gasteiger charge is 2.19. The second-order valence-corrected chi connectivity index (χ2v) is 4.87. The van der Waals surface area contributed by atoms with E-state index in [1.807, 2.05) is 50.1 Å². The zero-order valence-electron chi connectivity index (χ0n) is 12.8. The van der Waals surface area contributed by atoms with E-state index in [1.54, 1.807) is 7.11 Å². The van der Waals surface area contributed by atoms with E-state index in [0.29, 0.717) is 17.9 Å². The maximum absolute atomic E-state index is 14.3. The van der Waals surface area contributed by atoms with Gasteiger partial charge >= 0.3 is 0 Å². The standard InChI is InChI=1S/C16H20FN3O/c1-5-14-15(17)16(19-10-18-14)20(3)11(2)12-6-8-13(21-4)9-7-12/h6-11H,5H2,1-4H3. The van der Waals surface area contributed by atoms with Crippen LogP contribution in [0.2, 0.25) is 0 Å². The molecule has 0 radical (unpaired) electrons. The summed E-state index contributed by atoms with van der Waals surface area (Å²) in [4.78, 5) is 9.86. The molecule has 1 aromatic heterocycles. The molecule has 0 bridgehead atoms. The highest BCUT2D eigenvalue weighted by molar-refractivity contribution is 5.44. The third kappa shape index (κ3) is 3.12. The molecule has 21 heavy (non-hydrogen) atoms. The number of benzene rings is 1. The lowest BCUT2D eigenvalue weighted by molar-refractivity contribution is 0.414. The first-order valence-corrected chi connectivity index (χ1v) is 6.94. The molecule has 0 amide bonds. The quantitative estimate of drug-likeness (QED) is 0.845. The van der Waals surface area contributed by atoms with E-state index in [-0.39, 0.29) is 11.9 Å². The van der Waals surface area contributed by atoms with Gasteiger partial charge in [0.15, 0.2) is 11.6 Å². The van der Waals surface area contributed by atoms with Gasteiger partial charge in [0.05, 0.1) is 18.8 Å². The lowest BCUT2D eigenvalue weighted by Gasteiger charge is -2.27. The van der Waals surface area contributed by atoms with Gasteiger partial charge in [0.25, 0.3) is 0 Å². The van der Waals surface area contributed by atoms with Crippen LogP contribution in [0.25, 0.3) is 0 Å². The van der Waals surface area contributed by atoms with Gasteiger partial charge in [-0.05, 0) is 31.0 Å². The Morgan fingerprint density at radius 3 is 2.48 bits per heavy atom. The normalized spacial score (nSPS) is 12.0. The molecule has 0 saturated heterocycles. The Labute approximate surface area is 124 Å². The van der Waals surface area contributed by atoms with Crippen molar-refractivity contribution >= 4 is 5.82 Å². The Balaban J connectivity index is 2.27. The number of hydrogen-bond donors (Lipinski definition) is 0. The Kier molecular flexibility index (Phi) is 4.73. The first-order valence-electron chi connectivity index (χ1n) is 6.94. The maximum Gasteiger partial charge on any atom is 0.187 e. The van der Waals surface area contributed by atoms with E-state index in [0.717, 1.165) is 11.3 Å². The molecule has 0 saturated carbocycles. The molecule has 0 aliphatic rings. The topological polar surface area (TPSA) is 38.2 Å². The van der Waals surface area contributed by atoms with Crippen molar-refractivity contribution in [2.75, 3.05) is 19.1 Å². The van der Waals surface area contributed by atoms with Crippen molar-refractivity contribution in [3.63, 3.8) is 0 Å². The number of aryl methyl sites for hydroxylation is 1. The molecule has 1 aromatic carbocycles. The smallest absolute Gasteiger partial charge is 0.187 e. The van der Waals surface area contributed by atoms with E-state index in [4.69, 9.17) is 4.74 Å². The fourth-order valence-electron chi connectivity index (χ4n) is 2.18. The molecule has 1 heterocycles. The number of halogens is 1. The van der Waals surface area contributed by atoms with Crippen LogP contribution in [-0.4, -0.2) is 24.1 Å². The molecular weight excluding hydrogens is 269 g/mol. The predicted molar refractivity (Wildman–Crippen MR) is 81.2 cm³/mol. The third-order valence-corrected chi connectivity index (χ3v) is 3.69. The van der Waals surface area contributed by atoms with Crippen molar-refractivity contribution in [3.05, 3.63) is 47.7 Å². The molecule has 5 heteroatoms. The average molecular weight is 289 g/mol. The SMILES string of the molecule is CCc1ncnc(N(C)C(C)c2ccc(OC)cc2)c1F. The van der Waals surface area contributed by atoms with Gasteiger partial charge in [-0.3, -0.25) is 0 Å². The van der Waals surface area contributed by atoms with Crippen LogP contribution < -0.4 is 9.64 Å². The molecule has 0 aliphatic carbocycles. The summed E-state index contributed by atoms with van der Waals surface area (Å²) in [5.74, 6) is 0.781. The number of rotatable bonds is 5. The van der Waals surface area contributed by atoms with E-state index >= 15 is 0 Å². The van der Waals surface area contributed by atoms with Crippen molar-refractivity contribution < 1.29 is 9.13 Å². The van der Waals surface area contributed by atoms with Crippen LogP contribution in [0, 0.1) is 5.82 Å². The maximum atomic E-state index is 14.3. The van der Waals surface area contributed by atoms with E-state index in [9.17, 15) is 4.39 Å². The lowest BCUT2D eigenvalue weighted by Crippen LogP contribution is -2.24. The summed E-state index contributed by atoms with van der Waals surface area (Å²) in [5.41, 5.74) is 1.50. The number of anilines is 1. The first kappa shape index (κ1) is 15.2. The molecule has 0 spiro atoms. The van der Waals surface area contributed by atoms with E-state index in [1.165, 1.54) is 6.33 Å². The summed E-state index contributed by atoms with van der Waals surface area (Å²) in [6.07, 6.45) is 1.96. The van der Waals surface area contributed by atoms with E-state index in [2.05, 4.69) is 9.97 Å². The Bertz CT molecular complexity index is 601. The van der Waals surface area contributed by atoms with Gasteiger partial charge in [-0.25, -0.2) is 14.4 Å². The van der Waals surface area contributed by atoms with Gasteiger partial charge in [-0.2, -0.15) is 0 Å². The van der Waals surface area contributed by atoms with Crippen molar-refractivity contribution in [3.8, 4) is 5.75 Å². The summed E-state index contributed by atoms with van der Waals surface area (Å²) in [5, 5.41) is 0. The minimum absolute atomic E-state index is 0.00925. The molecule has 2 rings (SSSR count). The highest BCUT2D eigenvalue weighted by Crippen LogP contribution is 2.27. The molecule has 0 fully saturated rings. The molecule has 2 aromatic rings. The van der Waals surface area contributed by atoms with Gasteiger partial charge in [-0.1, -0.05) is 19.1 Å². The molecule has 112 valence electrons. The Hall–Kier alpha value is -2.17. The highest BCUT2D eigenvalue weighted by atomic mass is 19.1. The van der Waals surface area contributed by atoms with Crippen LogP contribution in [-0.2, 0) is 6.42 Å². The van der Waals surface area contributed by atoms with E-state index < -0.39 is 0 Å². The van der Waals surface area contributed by atoms with Crippen LogP contribution >= 0.6 is 0 Å². The van der Waals surface area contributed by atoms with Gasteiger partial charge in [0.1, 0.15) is 12.1 Å². The Morgan fingerprint density at radius 2 is 1.90 bits per heavy atom. The van der Waals surface area contributed by atoms with Crippen LogP contribution in [0.1, 0.15) is 31.1 Å². The zero-order chi connectivity index (χ0) is 15.4. The van der Waals surface area contributed by atoms with Crippen LogP contribution in [0.3, 0.4) is 0 Å². The molecule has 0 aliphatic heterocycles. The molecule has 1 atom stereocenters. The van der Waals surface area contributed by atoms with Gasteiger partial charge in [-0.15, -0.1) is 0 Å². The molecule has 4 nitrogen and oxygen atoms in total. The number of aromatic nitrogens is 2. The van der Waals surface area contributed by atoms with Crippen LogP contribution in [0.15, 0.2) is 30.6 Å². The predicted octanol–water partition coefficient (Wildman–Crippen LogP) is 3.38. The summed E-state index contributed by atoms with van der Waals surface area (Å²) in [6, 6.07) is 7.73. The summed E-state index contributed by atoms with van der Waals surface area (Å²) in [7, 11) is 3.47. The van der Waals surface area contributed by atoms with Crippen molar-refractivity contribution in [1.29, 1.82) is 0 Å². The van der Waals surface area contributed by atoms with Gasteiger partial charge < -0.3 is 9.64 Å². The molecule has 0 N–H and O–H groups in total. The third-order valence-electron chi connectivity index (χ3n) is 3.69. The minimum atomic E-state index is -0.345. The number of nitrogens with zero attached hydrogens (tertiary/aromatic N) is 3. The lowest BCUT2D eigenvalue weighted by atomic mass is 10.1. The fourth-order valence-corrected chi connectivity index (χ4v) is 2.18. The summed E-state index contributed by atoms with van der Waals surface area (Å²) < 4.78 is 19.5. The monoisotopic (exact) mass is 289 g/mol. The van der Waals surface area contributed by atoms with Gasteiger partial charge in [0, 0.05) is 7.05 Å². The molecule has 1 unspecified atom stereocenters. The van der Waals surface area contributed by atoms with Crippen molar-refractivity contribution in [1.82, 2.24) is 9.97 Å². The van der Waals surface area contributed by atoms with Gasteiger partial charge in [0.2, 0.25) is 0 Å². The number of ether oxygens (including phenoxy) is 1. The van der Waals surface area contributed by atoms with Crippen LogP contribution in [0.5, 0.6) is 5.75 Å². The zero-order valence-corrected chi connectivity index (χ0v) is 12.8. The largest absolute Gasteiger partial charge is 0.497 e. The fraction of sp³-hybridized carbons (Fsp3) is 0.375. The second-order valence-electron chi connectivity index (χ2n) is 4.87. The minimum Gasteiger partial charge on any atom is -0.497 e. The van der Waals surface area contributed by atoms with Crippen molar-refractivity contribution in [2.45, 2.75) is 26.3 Å². The second kappa shape index (κ2) is 6.52. The summed E-state index contributed by atoms with van der Waals surface area (Å²) in [6.45, 7) is 3.89. The number of hydrogen-bond acceptors (Lipinski definition) is 4. The summed E-state index contributed by atoms with van der Waals surface area (Å²) >= 11 is 0.